The fourth-order valence-electron chi connectivity index (χ4n) is 3.12. The lowest BCUT2D eigenvalue weighted by Gasteiger charge is -2.27. The van der Waals surface area contributed by atoms with Crippen molar-refractivity contribution in [3.8, 4) is 17.0 Å². The van der Waals surface area contributed by atoms with Crippen molar-refractivity contribution >= 4 is 27.3 Å². The maximum absolute atomic E-state index is 14.5. The van der Waals surface area contributed by atoms with Gasteiger partial charge in [-0.25, -0.2) is 9.97 Å². The summed E-state index contributed by atoms with van der Waals surface area (Å²) in [5, 5.41) is 11.8. The predicted octanol–water partition coefficient (Wildman–Crippen LogP) is 4.13. The number of nitrogens with zero attached hydrogens (tertiary/aromatic N) is 3. The van der Waals surface area contributed by atoms with E-state index < -0.39 is 12.1 Å². The van der Waals surface area contributed by atoms with Crippen LogP contribution in [0.25, 0.3) is 16.9 Å². The molecule has 0 aromatic carbocycles. The smallest absolute Gasteiger partial charge is 0.224 e. The van der Waals surface area contributed by atoms with Gasteiger partial charge in [0.05, 0.1) is 28.5 Å². The van der Waals surface area contributed by atoms with Crippen LogP contribution < -0.4 is 10.5 Å². The molecule has 0 aliphatic carbocycles. The molecule has 6 nitrogen and oxygen atoms in total. The van der Waals surface area contributed by atoms with E-state index in [2.05, 4.69) is 36.1 Å². The van der Waals surface area contributed by atoms with Crippen LogP contribution in [0.3, 0.4) is 0 Å². The van der Waals surface area contributed by atoms with Crippen molar-refractivity contribution in [1.29, 1.82) is 0 Å². The van der Waals surface area contributed by atoms with Crippen molar-refractivity contribution in [2.45, 2.75) is 50.4 Å². The van der Waals surface area contributed by atoms with E-state index in [-0.39, 0.29) is 27.7 Å². The van der Waals surface area contributed by atoms with E-state index in [1.54, 1.807) is 25.3 Å². The fourth-order valence-corrected chi connectivity index (χ4v) is 5.30. The van der Waals surface area contributed by atoms with E-state index in [1.165, 1.54) is 0 Å². The van der Waals surface area contributed by atoms with Crippen LogP contribution in [0.1, 0.15) is 34.6 Å². The van der Waals surface area contributed by atoms with Crippen molar-refractivity contribution < 1.29 is 14.2 Å². The van der Waals surface area contributed by atoms with Crippen LogP contribution in [-0.2, 0) is 0 Å². The first-order valence-electron chi connectivity index (χ1n) is 9.39. The molecular formula is C21H27FN4O2S. The molecule has 1 unspecified atom stereocenters. The van der Waals surface area contributed by atoms with E-state index in [0.717, 1.165) is 4.90 Å². The van der Waals surface area contributed by atoms with Gasteiger partial charge in [-0.2, -0.15) is 4.39 Å². The first kappa shape index (κ1) is 21.3. The van der Waals surface area contributed by atoms with Gasteiger partial charge in [0.25, 0.3) is 0 Å². The van der Waals surface area contributed by atoms with Crippen molar-refractivity contribution in [1.82, 2.24) is 14.4 Å². The summed E-state index contributed by atoms with van der Waals surface area (Å²) in [5.74, 6) is 0.159. The molecular weight excluding hydrogens is 391 g/mol. The van der Waals surface area contributed by atoms with Crippen LogP contribution in [0.15, 0.2) is 35.5 Å². The topological polar surface area (TPSA) is 85.7 Å². The van der Waals surface area contributed by atoms with Gasteiger partial charge in [0.1, 0.15) is 23.8 Å². The van der Waals surface area contributed by atoms with Gasteiger partial charge in [0.15, 0.2) is 0 Å². The Hall–Kier alpha value is -2.45. The average molecular weight is 419 g/mol. The molecule has 0 saturated heterocycles. The summed E-state index contributed by atoms with van der Waals surface area (Å²) in [5.41, 5.74) is 7.12. The normalized spacial score (nSPS) is 14.3. The number of imidazole rings is 1. The van der Waals surface area contributed by atoms with Gasteiger partial charge in [0.2, 0.25) is 5.95 Å². The summed E-state index contributed by atoms with van der Waals surface area (Å²) in [4.78, 5) is 9.12. The number of aliphatic hydroxyl groups is 1. The number of halogens is 1. The number of hydrogen-bond donors (Lipinski definition) is 2. The van der Waals surface area contributed by atoms with Gasteiger partial charge in [-0.3, -0.25) is 4.40 Å². The summed E-state index contributed by atoms with van der Waals surface area (Å²) in [6.07, 6.45) is 2.96. The van der Waals surface area contributed by atoms with E-state index in [4.69, 9.17) is 10.5 Å². The van der Waals surface area contributed by atoms with Crippen LogP contribution in [0.4, 0.5) is 10.2 Å². The van der Waals surface area contributed by atoms with Gasteiger partial charge in [-0.1, -0.05) is 26.1 Å². The minimum absolute atomic E-state index is 0.0416. The molecule has 0 bridgehead atoms. The van der Waals surface area contributed by atoms with Crippen molar-refractivity contribution in [3.05, 3.63) is 36.5 Å². The highest BCUT2D eigenvalue weighted by Crippen LogP contribution is 2.45. The molecule has 0 saturated carbocycles. The molecule has 3 heterocycles. The second-order valence-corrected chi connectivity index (χ2v) is 10.6. The Morgan fingerprint density at radius 1 is 1.38 bits per heavy atom. The fraction of sp³-hybridized carbons (Fsp3) is 0.381. The minimum atomic E-state index is -0.639. The third-order valence-electron chi connectivity index (χ3n) is 4.33. The third kappa shape index (κ3) is 4.43. The molecule has 3 aromatic heterocycles. The highest BCUT2D eigenvalue weighted by Gasteiger charge is 2.23. The number of nitrogens with two attached hydrogens (primary N) is 1. The SMILES string of the molecule is C/C=S(/c1cn2c(-c3ccc(N)nc3F)cnc2cc1OC[C@@H](C)O)C(C)(C)C. The lowest BCUT2D eigenvalue weighted by molar-refractivity contribution is 0.121. The molecule has 8 heteroatoms. The minimum Gasteiger partial charge on any atom is -0.490 e. The quantitative estimate of drug-likeness (QED) is 0.481. The summed E-state index contributed by atoms with van der Waals surface area (Å²) in [6, 6.07) is 5.01. The molecule has 0 aliphatic heterocycles. The van der Waals surface area contributed by atoms with Crippen molar-refractivity contribution in [2.24, 2.45) is 0 Å². The standard InChI is InChI=1S/C21H27FN4O2S/c1-6-29(21(3,4)5)17-11-26-15(14-7-8-18(23)25-20(14)22)10-24-19(26)9-16(17)28-12-13(2)27/h6-11,13,27H,12H2,1-5H3,(H2,23,25)/t13-,29?/m1/s1. The highest BCUT2D eigenvalue weighted by molar-refractivity contribution is 8.16. The zero-order valence-corrected chi connectivity index (χ0v) is 18.1. The van der Waals surface area contributed by atoms with Gasteiger partial charge in [-0.05, 0) is 26.0 Å². The number of aliphatic hydroxyl groups excluding tert-OH is 1. The van der Waals surface area contributed by atoms with Gasteiger partial charge in [0, 0.05) is 17.0 Å². The molecule has 0 amide bonds. The first-order chi connectivity index (χ1) is 13.6. The largest absolute Gasteiger partial charge is 0.490 e. The van der Waals surface area contributed by atoms with E-state index in [1.807, 2.05) is 23.6 Å². The number of anilines is 1. The maximum Gasteiger partial charge on any atom is 0.224 e. The lowest BCUT2D eigenvalue weighted by atomic mass is 10.2. The molecule has 156 valence electrons. The van der Waals surface area contributed by atoms with Crippen LogP contribution in [0.2, 0.25) is 0 Å². The maximum atomic E-state index is 14.5. The second kappa shape index (κ2) is 8.12. The molecule has 0 radical (unpaired) electrons. The van der Waals surface area contributed by atoms with Crippen molar-refractivity contribution in [3.63, 3.8) is 0 Å². The summed E-state index contributed by atoms with van der Waals surface area (Å²) < 4.78 is 22.2. The molecule has 3 rings (SSSR count). The van der Waals surface area contributed by atoms with Crippen LogP contribution in [0.5, 0.6) is 5.75 Å². The number of fused-ring (bicyclic) bond motifs is 1. The van der Waals surface area contributed by atoms with Crippen LogP contribution in [0, 0.1) is 5.95 Å². The van der Waals surface area contributed by atoms with Gasteiger partial charge in [-0.15, -0.1) is 10.5 Å². The number of pyridine rings is 2. The number of nitrogen functional groups attached to an aromatic ring is 1. The van der Waals surface area contributed by atoms with Crippen LogP contribution >= 0.6 is 10.5 Å². The summed E-state index contributed by atoms with van der Waals surface area (Å²) in [6.45, 7) is 10.4. The number of ether oxygens (including phenoxy) is 1. The Balaban J connectivity index is 2.23. The zero-order chi connectivity index (χ0) is 21.3. The number of hydrogen-bond acceptors (Lipinski definition) is 5. The van der Waals surface area contributed by atoms with Crippen LogP contribution in [-0.4, -0.2) is 42.3 Å². The van der Waals surface area contributed by atoms with Gasteiger partial charge < -0.3 is 15.6 Å². The molecule has 2 atom stereocenters. The zero-order valence-electron chi connectivity index (χ0n) is 17.3. The van der Waals surface area contributed by atoms with E-state index in [0.29, 0.717) is 22.7 Å². The Kier molecular flexibility index (Phi) is 5.95. The Labute approximate surface area is 172 Å². The first-order valence-corrected chi connectivity index (χ1v) is 10.7. The molecule has 29 heavy (non-hydrogen) atoms. The molecule has 3 aromatic rings. The Morgan fingerprint density at radius 2 is 2.10 bits per heavy atom. The highest BCUT2D eigenvalue weighted by atomic mass is 32.2. The summed E-state index contributed by atoms with van der Waals surface area (Å²) >= 11 is 0. The number of aromatic nitrogens is 3. The second-order valence-electron chi connectivity index (χ2n) is 7.79. The molecule has 0 aliphatic rings. The molecule has 0 spiro atoms. The molecule has 0 fully saturated rings. The van der Waals surface area contributed by atoms with Gasteiger partial charge >= 0.3 is 0 Å². The monoisotopic (exact) mass is 418 g/mol. The average Bonchev–Trinajstić information content (AvgIpc) is 3.01. The molecule has 3 N–H and O–H groups in total. The third-order valence-corrected chi connectivity index (χ3v) is 6.90. The van der Waals surface area contributed by atoms with E-state index in [9.17, 15) is 9.50 Å². The van der Waals surface area contributed by atoms with E-state index >= 15 is 0 Å². The summed E-state index contributed by atoms with van der Waals surface area (Å²) in [7, 11) is -0.262. The Bertz CT molecular complexity index is 1070. The lowest BCUT2D eigenvalue weighted by Crippen LogP contribution is -2.16. The Morgan fingerprint density at radius 3 is 2.69 bits per heavy atom. The number of rotatable bonds is 5. The van der Waals surface area contributed by atoms with Crippen molar-refractivity contribution in [2.75, 3.05) is 12.3 Å². The predicted molar refractivity (Wildman–Crippen MR) is 117 cm³/mol.